The number of hydrogen-bond donors (Lipinski definition) is 0. The van der Waals surface area contributed by atoms with Crippen molar-refractivity contribution in [1.82, 2.24) is 0 Å². The van der Waals surface area contributed by atoms with Gasteiger partial charge in [0.05, 0.1) is 0 Å². The molecule has 0 aliphatic heterocycles. The quantitative estimate of drug-likeness (QED) is 0.542. The Kier molecular flexibility index (Phi) is 5.18. The van der Waals surface area contributed by atoms with Crippen LogP contribution in [0.4, 0.5) is 0 Å². The molecule has 0 nitrogen and oxygen atoms in total. The summed E-state index contributed by atoms with van der Waals surface area (Å²) in [6, 6.07) is 13.8. The number of aryl methyl sites for hydroxylation is 1. The van der Waals surface area contributed by atoms with Gasteiger partial charge in [0.15, 0.2) is 0 Å². The lowest BCUT2D eigenvalue weighted by atomic mass is 9.78. The van der Waals surface area contributed by atoms with Crippen LogP contribution in [0.2, 0.25) is 0 Å². The summed E-state index contributed by atoms with van der Waals surface area (Å²) in [4.78, 5) is 0. The van der Waals surface area contributed by atoms with E-state index >= 15 is 0 Å². The van der Waals surface area contributed by atoms with E-state index in [0.29, 0.717) is 17.8 Å². The molecule has 0 spiro atoms. The van der Waals surface area contributed by atoms with E-state index in [1.54, 1.807) is 0 Å². The van der Waals surface area contributed by atoms with Gasteiger partial charge in [0.2, 0.25) is 0 Å². The molecule has 0 heteroatoms. The molecule has 2 aromatic carbocycles. The van der Waals surface area contributed by atoms with E-state index in [0.717, 1.165) is 12.8 Å². The van der Waals surface area contributed by atoms with Gasteiger partial charge in [-0.25, -0.2) is 0 Å². The number of rotatable bonds is 4. The Labute approximate surface area is 154 Å². The minimum Gasteiger partial charge on any atom is -0.0620 e. The van der Waals surface area contributed by atoms with Gasteiger partial charge in [-0.1, -0.05) is 84.0 Å². The molecular weight excluding hydrogens is 300 g/mol. The van der Waals surface area contributed by atoms with Crippen LogP contribution < -0.4 is 0 Å². The van der Waals surface area contributed by atoms with Crippen LogP contribution >= 0.6 is 0 Å². The second kappa shape index (κ2) is 7.20. The Morgan fingerprint density at radius 2 is 1.32 bits per heavy atom. The van der Waals surface area contributed by atoms with Crippen LogP contribution in [0.25, 0.3) is 11.6 Å². The van der Waals surface area contributed by atoms with E-state index in [2.05, 4.69) is 84.0 Å². The molecule has 3 rings (SSSR count). The van der Waals surface area contributed by atoms with Gasteiger partial charge in [0, 0.05) is 0 Å². The summed E-state index contributed by atoms with van der Waals surface area (Å²) in [6.07, 6.45) is 4.75. The van der Waals surface area contributed by atoms with E-state index in [-0.39, 0.29) is 0 Å². The highest BCUT2D eigenvalue weighted by Gasteiger charge is 2.21. The second-order valence-electron chi connectivity index (χ2n) is 8.41. The molecule has 0 heterocycles. The predicted octanol–water partition coefficient (Wildman–Crippen LogP) is 7.54. The summed E-state index contributed by atoms with van der Waals surface area (Å²) in [5.74, 6) is 1.67. The molecule has 132 valence electrons. The highest BCUT2D eigenvalue weighted by atomic mass is 14.3. The third-order valence-corrected chi connectivity index (χ3v) is 5.50. The summed E-state index contributed by atoms with van der Waals surface area (Å²) < 4.78 is 0. The monoisotopic (exact) mass is 332 g/mol. The predicted molar refractivity (Wildman–Crippen MR) is 111 cm³/mol. The highest BCUT2D eigenvalue weighted by Crippen LogP contribution is 2.40. The van der Waals surface area contributed by atoms with Gasteiger partial charge in [0.25, 0.3) is 0 Å². The molecule has 1 aliphatic carbocycles. The van der Waals surface area contributed by atoms with Crippen LogP contribution in [0.5, 0.6) is 0 Å². The molecule has 25 heavy (non-hydrogen) atoms. The lowest BCUT2D eigenvalue weighted by molar-refractivity contribution is 0.796. The Bertz CT molecular complexity index is 758. The van der Waals surface area contributed by atoms with Crippen molar-refractivity contribution in [2.24, 2.45) is 0 Å². The Balaban J connectivity index is 2.23. The molecule has 0 saturated carbocycles. The lowest BCUT2D eigenvalue weighted by Crippen LogP contribution is -2.08. The van der Waals surface area contributed by atoms with Crippen molar-refractivity contribution >= 4 is 11.6 Å². The van der Waals surface area contributed by atoms with E-state index in [1.165, 1.54) is 39.0 Å². The fraction of sp³-hybridized carbons (Fsp3) is 0.440. The van der Waals surface area contributed by atoms with Crippen molar-refractivity contribution in [1.29, 1.82) is 0 Å². The van der Waals surface area contributed by atoms with Crippen molar-refractivity contribution < 1.29 is 0 Å². The van der Waals surface area contributed by atoms with Gasteiger partial charge in [0.1, 0.15) is 0 Å². The topological polar surface area (TPSA) is 0 Å². The minimum absolute atomic E-state index is 0.546. The van der Waals surface area contributed by atoms with E-state index < -0.39 is 0 Å². The first kappa shape index (κ1) is 18.0. The summed E-state index contributed by atoms with van der Waals surface area (Å²) in [6.45, 7) is 14.0. The van der Waals surface area contributed by atoms with E-state index in [1.807, 2.05) is 0 Å². The van der Waals surface area contributed by atoms with Gasteiger partial charge in [-0.2, -0.15) is 0 Å². The van der Waals surface area contributed by atoms with Gasteiger partial charge >= 0.3 is 0 Å². The zero-order chi connectivity index (χ0) is 18.1. The molecule has 1 aliphatic rings. The normalized spacial score (nSPS) is 14.2. The van der Waals surface area contributed by atoms with Crippen LogP contribution in [0.1, 0.15) is 99.1 Å². The molecule has 0 atom stereocenters. The fourth-order valence-electron chi connectivity index (χ4n) is 3.96. The first-order chi connectivity index (χ1) is 11.9. The molecule has 2 aromatic rings. The van der Waals surface area contributed by atoms with Crippen LogP contribution in [0, 0.1) is 0 Å². The first-order valence-corrected chi connectivity index (χ1v) is 9.85. The molecule has 0 radical (unpaired) electrons. The second-order valence-corrected chi connectivity index (χ2v) is 8.41. The van der Waals surface area contributed by atoms with E-state index in [9.17, 15) is 0 Å². The molecular formula is C25H32. The fourth-order valence-corrected chi connectivity index (χ4v) is 3.96. The molecule has 0 bridgehead atoms. The smallest absolute Gasteiger partial charge is 0.0155 e. The van der Waals surface area contributed by atoms with Crippen molar-refractivity contribution in [2.45, 2.75) is 72.1 Å². The molecule has 0 aromatic heterocycles. The highest BCUT2D eigenvalue weighted by molar-refractivity contribution is 5.87. The van der Waals surface area contributed by atoms with Crippen molar-refractivity contribution in [3.8, 4) is 0 Å². The lowest BCUT2D eigenvalue weighted by Gasteiger charge is -2.26. The third kappa shape index (κ3) is 3.59. The largest absolute Gasteiger partial charge is 0.0620 e. The number of fused-ring (bicyclic) bond motifs is 1. The summed E-state index contributed by atoms with van der Waals surface area (Å²) in [5, 5.41) is 0. The van der Waals surface area contributed by atoms with Crippen molar-refractivity contribution in [2.75, 3.05) is 0 Å². The molecule has 0 saturated heterocycles. The Morgan fingerprint density at radius 3 is 1.88 bits per heavy atom. The molecule has 0 amide bonds. The van der Waals surface area contributed by atoms with Crippen LogP contribution in [-0.4, -0.2) is 0 Å². The zero-order valence-electron chi connectivity index (χ0n) is 16.7. The van der Waals surface area contributed by atoms with Gasteiger partial charge < -0.3 is 0 Å². The zero-order valence-corrected chi connectivity index (χ0v) is 16.7. The van der Waals surface area contributed by atoms with Crippen molar-refractivity contribution in [3.05, 3.63) is 69.8 Å². The SMILES string of the molecule is CC(C)c1cc(C(C)C)c(C2=Cc3ccccc3CC2)c(C(C)C)c1. The van der Waals surface area contributed by atoms with E-state index in [4.69, 9.17) is 0 Å². The standard InChI is InChI=1S/C25H32/c1-16(2)22-14-23(17(3)4)25(24(15-22)18(5)6)21-12-11-19-9-7-8-10-20(19)13-21/h7-10,13-18H,11-12H2,1-6H3. The van der Waals surface area contributed by atoms with Gasteiger partial charge in [-0.05, 0) is 69.5 Å². The number of allylic oxidation sites excluding steroid dienone is 1. The summed E-state index contributed by atoms with van der Waals surface area (Å²) >= 11 is 0. The average molecular weight is 333 g/mol. The summed E-state index contributed by atoms with van der Waals surface area (Å²) in [5.41, 5.74) is 10.5. The minimum atomic E-state index is 0.546. The van der Waals surface area contributed by atoms with Gasteiger partial charge in [-0.3, -0.25) is 0 Å². The first-order valence-electron chi connectivity index (χ1n) is 9.85. The van der Waals surface area contributed by atoms with Crippen LogP contribution in [0.15, 0.2) is 36.4 Å². The maximum absolute atomic E-state index is 2.47. The molecule has 0 fully saturated rings. The number of benzene rings is 2. The third-order valence-electron chi connectivity index (χ3n) is 5.50. The maximum atomic E-state index is 2.47. The maximum Gasteiger partial charge on any atom is -0.0155 e. The van der Waals surface area contributed by atoms with Crippen LogP contribution in [-0.2, 0) is 6.42 Å². The Hall–Kier alpha value is -1.82. The molecule has 0 unspecified atom stereocenters. The number of hydrogen-bond acceptors (Lipinski definition) is 0. The van der Waals surface area contributed by atoms with Gasteiger partial charge in [-0.15, -0.1) is 0 Å². The summed E-state index contributed by atoms with van der Waals surface area (Å²) in [7, 11) is 0. The van der Waals surface area contributed by atoms with Crippen LogP contribution in [0.3, 0.4) is 0 Å². The average Bonchev–Trinajstić information content (AvgIpc) is 2.59. The Morgan fingerprint density at radius 1 is 0.720 bits per heavy atom. The van der Waals surface area contributed by atoms with Crippen molar-refractivity contribution in [3.63, 3.8) is 0 Å². The molecule has 0 N–H and O–H groups in total.